The fourth-order valence-electron chi connectivity index (χ4n) is 3.19. The maximum atomic E-state index is 13.0. The lowest BCUT2D eigenvalue weighted by Gasteiger charge is -2.25. The first kappa shape index (κ1) is 17.7. The third-order valence-corrected chi connectivity index (χ3v) is 5.54. The van der Waals surface area contributed by atoms with Crippen LogP contribution in [0.25, 0.3) is 11.3 Å². The normalized spacial score (nSPS) is 14.2. The molecule has 0 saturated carbocycles. The van der Waals surface area contributed by atoms with Gasteiger partial charge in [-0.1, -0.05) is 12.1 Å². The van der Waals surface area contributed by atoms with Crippen LogP contribution in [0.4, 0.5) is 15.2 Å². The summed E-state index contributed by atoms with van der Waals surface area (Å²) in [5, 5.41) is 5.98. The van der Waals surface area contributed by atoms with Gasteiger partial charge in [0.1, 0.15) is 5.82 Å². The average molecular weight is 381 g/mol. The summed E-state index contributed by atoms with van der Waals surface area (Å²) in [6.07, 6.45) is 3.74. The molecule has 0 spiro atoms. The molecule has 0 unspecified atom stereocenters. The fourth-order valence-corrected chi connectivity index (χ4v) is 4.08. The van der Waals surface area contributed by atoms with E-state index in [1.807, 2.05) is 24.3 Å². The zero-order chi connectivity index (χ0) is 18.6. The molecule has 0 bridgehead atoms. The van der Waals surface area contributed by atoms with Gasteiger partial charge in [-0.25, -0.2) is 9.37 Å². The minimum Gasteiger partial charge on any atom is -0.348 e. The number of hydrogen-bond acceptors (Lipinski definition) is 4. The van der Waals surface area contributed by atoms with Crippen LogP contribution in [0.5, 0.6) is 0 Å². The van der Waals surface area contributed by atoms with Crippen LogP contribution in [-0.2, 0) is 0 Å². The lowest BCUT2D eigenvalue weighted by atomic mass is 10.1. The average Bonchev–Trinajstić information content (AvgIpc) is 3.20. The standard InChI is InChI=1S/C21H20FN3OS/c22-17-9-7-15(8-10-17)20(26)23-18-6-4-5-16(13-18)19-14-27-21(24-19)25-11-2-1-3-12-25/h4-10,13-14H,1-3,11-12H2,(H,23,26). The van der Waals surface area contributed by atoms with Crippen molar-refractivity contribution in [3.05, 3.63) is 65.3 Å². The summed E-state index contributed by atoms with van der Waals surface area (Å²) < 4.78 is 13.0. The Kier molecular flexibility index (Phi) is 5.16. The van der Waals surface area contributed by atoms with Gasteiger partial charge in [-0.05, 0) is 55.7 Å². The van der Waals surface area contributed by atoms with E-state index in [1.54, 1.807) is 11.3 Å². The molecule has 1 amide bonds. The molecular weight excluding hydrogens is 361 g/mol. The van der Waals surface area contributed by atoms with Gasteiger partial charge in [-0.3, -0.25) is 4.79 Å². The van der Waals surface area contributed by atoms with Gasteiger partial charge < -0.3 is 10.2 Å². The van der Waals surface area contributed by atoms with Gasteiger partial charge in [0.05, 0.1) is 5.69 Å². The van der Waals surface area contributed by atoms with Gasteiger partial charge >= 0.3 is 0 Å². The number of thiazole rings is 1. The highest BCUT2D eigenvalue weighted by molar-refractivity contribution is 7.14. The Morgan fingerprint density at radius 1 is 1.07 bits per heavy atom. The third-order valence-electron chi connectivity index (χ3n) is 4.64. The first-order valence-corrected chi connectivity index (χ1v) is 9.95. The quantitative estimate of drug-likeness (QED) is 0.676. The monoisotopic (exact) mass is 381 g/mol. The molecule has 1 saturated heterocycles. The maximum absolute atomic E-state index is 13.0. The summed E-state index contributed by atoms with van der Waals surface area (Å²) in [7, 11) is 0. The number of nitrogens with zero attached hydrogens (tertiary/aromatic N) is 2. The highest BCUT2D eigenvalue weighted by Gasteiger charge is 2.15. The Balaban J connectivity index is 1.50. The number of carbonyl (C=O) groups excluding carboxylic acids is 1. The zero-order valence-electron chi connectivity index (χ0n) is 14.8. The summed E-state index contributed by atoms with van der Waals surface area (Å²) in [6.45, 7) is 2.14. The number of halogens is 1. The van der Waals surface area contributed by atoms with Gasteiger partial charge in [0.25, 0.3) is 5.91 Å². The zero-order valence-corrected chi connectivity index (χ0v) is 15.6. The van der Waals surface area contributed by atoms with E-state index in [2.05, 4.69) is 15.6 Å². The summed E-state index contributed by atoms with van der Waals surface area (Å²) in [5.74, 6) is -0.624. The van der Waals surface area contributed by atoms with Crippen molar-refractivity contribution in [2.45, 2.75) is 19.3 Å². The number of piperidine rings is 1. The maximum Gasteiger partial charge on any atom is 0.255 e. The van der Waals surface area contributed by atoms with Crippen LogP contribution in [0.15, 0.2) is 53.9 Å². The van der Waals surface area contributed by atoms with E-state index < -0.39 is 0 Å². The van der Waals surface area contributed by atoms with Crippen LogP contribution in [0.2, 0.25) is 0 Å². The smallest absolute Gasteiger partial charge is 0.255 e. The van der Waals surface area contributed by atoms with Crippen molar-refractivity contribution in [3.63, 3.8) is 0 Å². The van der Waals surface area contributed by atoms with Gasteiger partial charge in [0, 0.05) is 35.3 Å². The van der Waals surface area contributed by atoms with Crippen LogP contribution in [0.3, 0.4) is 0 Å². The molecule has 0 atom stereocenters. The predicted octanol–water partition coefficient (Wildman–Crippen LogP) is 5.19. The summed E-state index contributed by atoms with van der Waals surface area (Å²) in [6, 6.07) is 13.1. The number of nitrogens with one attached hydrogen (secondary N) is 1. The second-order valence-electron chi connectivity index (χ2n) is 6.60. The minimum atomic E-state index is -0.360. The number of rotatable bonds is 4. The van der Waals surface area contributed by atoms with Gasteiger partial charge in [-0.15, -0.1) is 11.3 Å². The fraction of sp³-hybridized carbons (Fsp3) is 0.238. The molecule has 1 aromatic heterocycles. The molecule has 0 aliphatic carbocycles. The molecule has 1 N–H and O–H groups in total. The molecule has 4 rings (SSSR count). The summed E-state index contributed by atoms with van der Waals surface area (Å²) in [5.41, 5.74) is 2.99. The van der Waals surface area contributed by atoms with E-state index in [0.29, 0.717) is 11.3 Å². The van der Waals surface area contributed by atoms with Crippen LogP contribution in [0.1, 0.15) is 29.6 Å². The predicted molar refractivity (Wildman–Crippen MR) is 108 cm³/mol. The third kappa shape index (κ3) is 4.17. The molecule has 0 radical (unpaired) electrons. The van der Waals surface area contributed by atoms with E-state index in [-0.39, 0.29) is 11.7 Å². The van der Waals surface area contributed by atoms with Gasteiger partial charge in [0.15, 0.2) is 5.13 Å². The molecule has 2 aromatic carbocycles. The van der Waals surface area contributed by atoms with Crippen LogP contribution < -0.4 is 10.2 Å². The van der Waals surface area contributed by atoms with E-state index in [9.17, 15) is 9.18 Å². The molecule has 1 fully saturated rings. The number of anilines is 2. The Labute approximate surface area is 161 Å². The largest absolute Gasteiger partial charge is 0.348 e. The van der Waals surface area contributed by atoms with Crippen LogP contribution in [0, 0.1) is 5.82 Å². The Hall–Kier alpha value is -2.73. The lowest BCUT2D eigenvalue weighted by molar-refractivity contribution is 0.102. The Bertz CT molecular complexity index is 933. The van der Waals surface area contributed by atoms with E-state index in [4.69, 9.17) is 4.98 Å². The number of aromatic nitrogens is 1. The van der Waals surface area contributed by atoms with Crippen LogP contribution >= 0.6 is 11.3 Å². The Morgan fingerprint density at radius 3 is 2.63 bits per heavy atom. The van der Waals surface area contributed by atoms with Crippen molar-refractivity contribution in [1.29, 1.82) is 0 Å². The molecule has 27 heavy (non-hydrogen) atoms. The van der Waals surface area contributed by atoms with E-state index >= 15 is 0 Å². The van der Waals surface area contributed by atoms with Crippen molar-refractivity contribution in [3.8, 4) is 11.3 Å². The minimum absolute atomic E-state index is 0.264. The molecule has 1 aliphatic rings. The van der Waals surface area contributed by atoms with E-state index in [0.717, 1.165) is 29.5 Å². The Morgan fingerprint density at radius 2 is 1.85 bits per heavy atom. The van der Waals surface area contributed by atoms with Gasteiger partial charge in [-0.2, -0.15) is 0 Å². The number of benzene rings is 2. The molecule has 6 heteroatoms. The summed E-state index contributed by atoms with van der Waals surface area (Å²) >= 11 is 1.66. The highest BCUT2D eigenvalue weighted by atomic mass is 32.1. The van der Waals surface area contributed by atoms with Gasteiger partial charge in [0.2, 0.25) is 0 Å². The van der Waals surface area contributed by atoms with Crippen molar-refractivity contribution in [2.24, 2.45) is 0 Å². The topological polar surface area (TPSA) is 45.2 Å². The lowest BCUT2D eigenvalue weighted by Crippen LogP contribution is -2.29. The molecule has 3 aromatic rings. The molecule has 4 nitrogen and oxygen atoms in total. The number of carbonyl (C=O) groups is 1. The van der Waals surface area contributed by atoms with Crippen molar-refractivity contribution in [1.82, 2.24) is 4.98 Å². The SMILES string of the molecule is O=C(Nc1cccc(-c2csc(N3CCCCC3)n2)c1)c1ccc(F)cc1. The first-order chi connectivity index (χ1) is 13.2. The highest BCUT2D eigenvalue weighted by Crippen LogP contribution is 2.30. The molecule has 138 valence electrons. The number of hydrogen-bond donors (Lipinski definition) is 1. The number of amides is 1. The molecule has 2 heterocycles. The van der Waals surface area contributed by atoms with Crippen molar-refractivity contribution in [2.75, 3.05) is 23.3 Å². The second kappa shape index (κ2) is 7.88. The summed E-state index contributed by atoms with van der Waals surface area (Å²) in [4.78, 5) is 19.5. The first-order valence-electron chi connectivity index (χ1n) is 9.07. The second-order valence-corrected chi connectivity index (χ2v) is 7.44. The molecular formula is C21H20FN3OS. The van der Waals surface area contributed by atoms with Crippen molar-refractivity contribution >= 4 is 28.1 Å². The van der Waals surface area contributed by atoms with Crippen molar-refractivity contribution < 1.29 is 9.18 Å². The van der Waals surface area contributed by atoms with E-state index in [1.165, 1.54) is 43.5 Å². The van der Waals surface area contributed by atoms with Crippen LogP contribution in [-0.4, -0.2) is 24.0 Å². The molecule has 1 aliphatic heterocycles.